The number of halogens is 2. The molecule has 1 amide bonds. The maximum absolute atomic E-state index is 14.0. The molecule has 0 bridgehead atoms. The van der Waals surface area contributed by atoms with E-state index in [9.17, 15) is 9.18 Å². The number of hydrogen-bond acceptors (Lipinski definition) is 4. The molecule has 1 aliphatic rings. The number of benzene rings is 2. The molecule has 0 unspecified atom stereocenters. The van der Waals surface area contributed by atoms with Crippen LogP contribution in [0, 0.1) is 12.7 Å². The predicted octanol–water partition coefficient (Wildman–Crippen LogP) is 4.92. The fourth-order valence-electron chi connectivity index (χ4n) is 3.61. The lowest BCUT2D eigenvalue weighted by molar-refractivity contribution is 0.0592. The summed E-state index contributed by atoms with van der Waals surface area (Å²) < 4.78 is 25.5. The summed E-state index contributed by atoms with van der Waals surface area (Å²) in [6.45, 7) is 5.03. The number of nitrogens with zero attached hydrogens (tertiary/aromatic N) is 2. The summed E-state index contributed by atoms with van der Waals surface area (Å²) in [5.41, 5.74) is 1.54. The van der Waals surface area contributed by atoms with Crippen LogP contribution in [0.4, 0.5) is 4.39 Å². The maximum atomic E-state index is 14.0. The SMILES string of the molecule is Cc1ccccc1OCc1ccc(C(=O)N2CCN(Cc3c(F)cccc3Cl)CC2)o1. The Bertz CT molecular complexity index is 1040. The van der Waals surface area contributed by atoms with E-state index in [1.807, 2.05) is 31.2 Å². The van der Waals surface area contributed by atoms with E-state index in [1.54, 1.807) is 29.2 Å². The minimum atomic E-state index is -0.304. The zero-order valence-corrected chi connectivity index (χ0v) is 18.1. The van der Waals surface area contributed by atoms with Crippen LogP contribution < -0.4 is 4.74 Å². The van der Waals surface area contributed by atoms with E-state index in [2.05, 4.69) is 4.90 Å². The van der Waals surface area contributed by atoms with Crippen LogP contribution in [0.5, 0.6) is 5.75 Å². The first kappa shape index (κ1) is 21.4. The quantitative estimate of drug-likeness (QED) is 0.543. The zero-order valence-electron chi connectivity index (χ0n) is 17.3. The van der Waals surface area contributed by atoms with Gasteiger partial charge in [-0.15, -0.1) is 0 Å². The van der Waals surface area contributed by atoms with Crippen molar-refractivity contribution in [1.29, 1.82) is 0 Å². The average Bonchev–Trinajstić information content (AvgIpc) is 3.25. The Morgan fingerprint density at radius 3 is 2.58 bits per heavy atom. The van der Waals surface area contributed by atoms with Crippen molar-refractivity contribution in [2.24, 2.45) is 0 Å². The molecule has 5 nitrogen and oxygen atoms in total. The van der Waals surface area contributed by atoms with Crippen LogP contribution in [-0.2, 0) is 13.2 Å². The molecule has 2 aromatic carbocycles. The number of carbonyl (C=O) groups excluding carboxylic acids is 1. The van der Waals surface area contributed by atoms with Crippen LogP contribution in [0.2, 0.25) is 5.02 Å². The number of furan rings is 1. The minimum Gasteiger partial charge on any atom is -0.485 e. The summed E-state index contributed by atoms with van der Waals surface area (Å²) in [4.78, 5) is 16.7. The molecule has 2 heterocycles. The number of rotatable bonds is 6. The highest BCUT2D eigenvalue weighted by molar-refractivity contribution is 6.31. The fraction of sp³-hybridized carbons (Fsp3) is 0.292. The molecule has 0 saturated carbocycles. The maximum Gasteiger partial charge on any atom is 0.289 e. The van der Waals surface area contributed by atoms with Gasteiger partial charge in [-0.05, 0) is 42.8 Å². The van der Waals surface area contributed by atoms with Crippen molar-refractivity contribution >= 4 is 17.5 Å². The van der Waals surface area contributed by atoms with Crippen molar-refractivity contribution in [3.8, 4) is 5.75 Å². The van der Waals surface area contributed by atoms with E-state index in [0.717, 1.165) is 11.3 Å². The van der Waals surface area contributed by atoms with Crippen molar-refractivity contribution < 1.29 is 18.3 Å². The minimum absolute atomic E-state index is 0.147. The number of piperazine rings is 1. The van der Waals surface area contributed by atoms with E-state index in [1.165, 1.54) is 6.07 Å². The monoisotopic (exact) mass is 442 g/mol. The lowest BCUT2D eigenvalue weighted by atomic mass is 10.1. The Balaban J connectivity index is 1.30. The van der Waals surface area contributed by atoms with E-state index >= 15 is 0 Å². The Morgan fingerprint density at radius 2 is 1.84 bits per heavy atom. The van der Waals surface area contributed by atoms with Crippen molar-refractivity contribution in [2.45, 2.75) is 20.1 Å². The predicted molar refractivity (Wildman–Crippen MR) is 117 cm³/mol. The topological polar surface area (TPSA) is 45.9 Å². The molecule has 0 N–H and O–H groups in total. The third-order valence-electron chi connectivity index (χ3n) is 5.44. The van der Waals surface area contributed by atoms with Gasteiger partial charge in [0.2, 0.25) is 0 Å². The number of para-hydroxylation sites is 1. The molecule has 162 valence electrons. The van der Waals surface area contributed by atoms with E-state index < -0.39 is 0 Å². The molecular formula is C24H24ClFN2O3. The lowest BCUT2D eigenvalue weighted by Gasteiger charge is -2.34. The highest BCUT2D eigenvalue weighted by Gasteiger charge is 2.25. The molecule has 4 rings (SSSR count). The van der Waals surface area contributed by atoms with Gasteiger partial charge >= 0.3 is 0 Å². The van der Waals surface area contributed by atoms with Gasteiger partial charge in [-0.2, -0.15) is 0 Å². The second-order valence-corrected chi connectivity index (χ2v) is 8.00. The van der Waals surface area contributed by atoms with Crippen molar-refractivity contribution in [2.75, 3.05) is 26.2 Å². The molecule has 1 fully saturated rings. The van der Waals surface area contributed by atoms with Gasteiger partial charge in [-0.3, -0.25) is 9.69 Å². The van der Waals surface area contributed by atoms with Gasteiger partial charge in [0.25, 0.3) is 5.91 Å². The average molecular weight is 443 g/mol. The second-order valence-electron chi connectivity index (χ2n) is 7.59. The van der Waals surface area contributed by atoms with Crippen LogP contribution in [-0.4, -0.2) is 41.9 Å². The number of carbonyl (C=O) groups is 1. The fourth-order valence-corrected chi connectivity index (χ4v) is 3.83. The van der Waals surface area contributed by atoms with Crippen LogP contribution >= 0.6 is 11.6 Å². The highest BCUT2D eigenvalue weighted by atomic mass is 35.5. The molecule has 0 radical (unpaired) electrons. The summed E-state index contributed by atoms with van der Waals surface area (Å²) in [5.74, 6) is 1.24. The highest BCUT2D eigenvalue weighted by Crippen LogP contribution is 2.22. The van der Waals surface area contributed by atoms with Crippen LogP contribution in [0.25, 0.3) is 0 Å². The molecular weight excluding hydrogens is 419 g/mol. The Kier molecular flexibility index (Phi) is 6.59. The van der Waals surface area contributed by atoms with Gasteiger partial charge in [0.1, 0.15) is 23.9 Å². The first-order valence-corrected chi connectivity index (χ1v) is 10.6. The van der Waals surface area contributed by atoms with Crippen LogP contribution in [0.15, 0.2) is 59.0 Å². The molecule has 31 heavy (non-hydrogen) atoms. The number of hydrogen-bond donors (Lipinski definition) is 0. The Morgan fingerprint density at radius 1 is 1.06 bits per heavy atom. The summed E-state index contributed by atoms with van der Waals surface area (Å²) in [6, 6.07) is 15.9. The standard InChI is InChI=1S/C24H24ClFN2O3/c1-17-5-2-3-8-22(17)30-16-18-9-10-23(31-18)24(29)28-13-11-27(12-14-28)15-19-20(25)6-4-7-21(19)26/h2-10H,11-16H2,1H3. The molecule has 1 saturated heterocycles. The molecule has 0 atom stereocenters. The number of aryl methyl sites for hydroxylation is 1. The van der Waals surface area contributed by atoms with Gasteiger partial charge < -0.3 is 14.1 Å². The summed E-state index contributed by atoms with van der Waals surface area (Å²) in [7, 11) is 0. The van der Waals surface area contributed by atoms with Gasteiger partial charge in [-0.1, -0.05) is 35.9 Å². The van der Waals surface area contributed by atoms with E-state index in [4.69, 9.17) is 20.8 Å². The van der Waals surface area contributed by atoms with Crippen molar-refractivity contribution in [1.82, 2.24) is 9.80 Å². The number of ether oxygens (including phenoxy) is 1. The molecule has 7 heteroatoms. The lowest BCUT2D eigenvalue weighted by Crippen LogP contribution is -2.48. The second kappa shape index (κ2) is 9.54. The van der Waals surface area contributed by atoms with Gasteiger partial charge in [-0.25, -0.2) is 4.39 Å². The van der Waals surface area contributed by atoms with E-state index in [0.29, 0.717) is 54.8 Å². The van der Waals surface area contributed by atoms with E-state index in [-0.39, 0.29) is 18.3 Å². The van der Waals surface area contributed by atoms with Crippen molar-refractivity contribution in [3.05, 3.63) is 88.1 Å². The largest absolute Gasteiger partial charge is 0.485 e. The zero-order chi connectivity index (χ0) is 21.8. The molecule has 3 aromatic rings. The van der Waals surface area contributed by atoms with Gasteiger partial charge in [0, 0.05) is 43.3 Å². The van der Waals surface area contributed by atoms with Crippen LogP contribution in [0.3, 0.4) is 0 Å². The molecule has 1 aromatic heterocycles. The third kappa shape index (κ3) is 5.09. The van der Waals surface area contributed by atoms with Crippen LogP contribution in [0.1, 0.15) is 27.4 Å². The Labute approximate surface area is 186 Å². The first-order chi connectivity index (χ1) is 15.0. The first-order valence-electron chi connectivity index (χ1n) is 10.2. The third-order valence-corrected chi connectivity index (χ3v) is 5.79. The summed E-state index contributed by atoms with van der Waals surface area (Å²) in [5, 5.41) is 0.425. The smallest absolute Gasteiger partial charge is 0.289 e. The normalized spacial score (nSPS) is 14.6. The summed E-state index contributed by atoms with van der Waals surface area (Å²) >= 11 is 6.13. The summed E-state index contributed by atoms with van der Waals surface area (Å²) in [6.07, 6.45) is 0. The molecule has 0 spiro atoms. The van der Waals surface area contributed by atoms with Gasteiger partial charge in [0.15, 0.2) is 5.76 Å². The number of amides is 1. The molecule has 1 aliphatic heterocycles. The van der Waals surface area contributed by atoms with Gasteiger partial charge in [0.05, 0.1) is 0 Å². The van der Waals surface area contributed by atoms with Crippen molar-refractivity contribution in [3.63, 3.8) is 0 Å². The molecule has 0 aliphatic carbocycles. The Hall–Kier alpha value is -2.83.